The average Bonchev–Trinajstić information content (AvgIpc) is 3.42. The van der Waals surface area contributed by atoms with Crippen LogP contribution in [0.3, 0.4) is 0 Å². The largest absolute Gasteiger partial charge is 0.486 e. The monoisotopic (exact) mass is 436 g/mol. The summed E-state index contributed by atoms with van der Waals surface area (Å²) in [6.45, 7) is 2.84. The van der Waals surface area contributed by atoms with Crippen molar-refractivity contribution in [2.45, 2.75) is 26.5 Å². The van der Waals surface area contributed by atoms with Crippen molar-refractivity contribution in [1.82, 2.24) is 20.3 Å². The van der Waals surface area contributed by atoms with Crippen LogP contribution in [0.25, 0.3) is 11.3 Å². The molecule has 0 aliphatic rings. The maximum absolute atomic E-state index is 12.3. The van der Waals surface area contributed by atoms with E-state index in [4.69, 9.17) is 4.74 Å². The van der Waals surface area contributed by atoms with Crippen LogP contribution in [0.5, 0.6) is 5.75 Å². The number of ether oxygens (including phenoxy) is 1. The van der Waals surface area contributed by atoms with Crippen molar-refractivity contribution >= 4 is 28.6 Å². The smallest absolute Gasteiger partial charge is 0.226 e. The van der Waals surface area contributed by atoms with Crippen LogP contribution in [0.4, 0.5) is 0 Å². The lowest BCUT2D eigenvalue weighted by Crippen LogP contribution is -2.24. The second-order valence-corrected chi connectivity index (χ2v) is 8.54. The van der Waals surface area contributed by atoms with E-state index in [0.29, 0.717) is 13.2 Å². The van der Waals surface area contributed by atoms with Crippen molar-refractivity contribution in [2.24, 2.45) is 0 Å². The summed E-state index contributed by atoms with van der Waals surface area (Å²) >= 11 is 3.02. The van der Waals surface area contributed by atoms with Gasteiger partial charge in [0.15, 0.2) is 0 Å². The van der Waals surface area contributed by atoms with Crippen molar-refractivity contribution in [2.75, 3.05) is 0 Å². The Morgan fingerprint density at radius 1 is 1.00 bits per heavy atom. The Morgan fingerprint density at radius 2 is 1.77 bits per heavy atom. The van der Waals surface area contributed by atoms with Crippen LogP contribution in [-0.2, 0) is 24.4 Å². The van der Waals surface area contributed by atoms with E-state index in [9.17, 15) is 4.79 Å². The van der Waals surface area contributed by atoms with E-state index in [1.807, 2.05) is 54.1 Å². The van der Waals surface area contributed by atoms with Gasteiger partial charge in [-0.15, -0.1) is 22.7 Å². The molecule has 1 aromatic carbocycles. The number of amides is 1. The first-order valence-corrected chi connectivity index (χ1v) is 11.2. The summed E-state index contributed by atoms with van der Waals surface area (Å²) in [7, 11) is 0. The minimum atomic E-state index is -0.0769. The fraction of sp³-hybridized carbons (Fsp3) is 0.182. The molecule has 0 saturated carbocycles. The highest BCUT2D eigenvalue weighted by Crippen LogP contribution is 2.21. The van der Waals surface area contributed by atoms with E-state index in [-0.39, 0.29) is 12.3 Å². The molecule has 3 aromatic heterocycles. The van der Waals surface area contributed by atoms with Crippen LogP contribution in [0.2, 0.25) is 0 Å². The average molecular weight is 437 g/mol. The predicted octanol–water partition coefficient (Wildman–Crippen LogP) is 4.41. The number of nitrogens with zero attached hydrogens (tertiary/aromatic N) is 3. The van der Waals surface area contributed by atoms with E-state index >= 15 is 0 Å². The highest BCUT2D eigenvalue weighted by Gasteiger charge is 2.10. The SMILES string of the molecule is Cc1ccc(OCc2nc(CC(=O)NCc3nc(-c4ccncc4)cs3)cs2)cc1. The van der Waals surface area contributed by atoms with Gasteiger partial charge in [-0.05, 0) is 31.2 Å². The summed E-state index contributed by atoms with van der Waals surface area (Å²) in [5.41, 5.74) is 3.85. The molecule has 0 aliphatic carbocycles. The zero-order valence-corrected chi connectivity index (χ0v) is 18.0. The maximum atomic E-state index is 12.3. The fourth-order valence-corrected chi connectivity index (χ4v) is 4.17. The van der Waals surface area contributed by atoms with E-state index < -0.39 is 0 Å². The number of rotatable bonds is 8. The molecule has 0 unspecified atom stereocenters. The number of aromatic nitrogens is 3. The highest BCUT2D eigenvalue weighted by atomic mass is 32.1. The number of hydrogen-bond donors (Lipinski definition) is 1. The van der Waals surface area contributed by atoms with E-state index in [1.165, 1.54) is 28.2 Å². The summed E-state index contributed by atoms with van der Waals surface area (Å²) in [6, 6.07) is 11.7. The quantitative estimate of drug-likeness (QED) is 0.443. The Labute approximate surface area is 182 Å². The van der Waals surface area contributed by atoms with Crippen molar-refractivity contribution in [3.05, 3.63) is 80.8 Å². The van der Waals surface area contributed by atoms with Crippen molar-refractivity contribution in [3.8, 4) is 17.0 Å². The highest BCUT2D eigenvalue weighted by molar-refractivity contribution is 7.10. The molecule has 0 fully saturated rings. The lowest BCUT2D eigenvalue weighted by molar-refractivity contribution is -0.120. The second-order valence-electron chi connectivity index (χ2n) is 6.65. The predicted molar refractivity (Wildman–Crippen MR) is 119 cm³/mol. The first kappa shape index (κ1) is 20.2. The first-order chi connectivity index (χ1) is 14.7. The molecule has 152 valence electrons. The molecular formula is C22H20N4O2S2. The molecule has 0 atom stereocenters. The number of aryl methyl sites for hydroxylation is 1. The molecule has 0 bridgehead atoms. The Bertz CT molecular complexity index is 1110. The number of thiazole rings is 2. The molecule has 0 saturated heterocycles. The third-order valence-electron chi connectivity index (χ3n) is 4.29. The van der Waals surface area contributed by atoms with E-state index in [1.54, 1.807) is 12.4 Å². The van der Waals surface area contributed by atoms with Gasteiger partial charge >= 0.3 is 0 Å². The molecular weight excluding hydrogens is 416 g/mol. The minimum absolute atomic E-state index is 0.0769. The van der Waals surface area contributed by atoms with Gasteiger partial charge in [0.1, 0.15) is 22.4 Å². The molecule has 3 heterocycles. The van der Waals surface area contributed by atoms with Gasteiger partial charge in [-0.3, -0.25) is 9.78 Å². The Morgan fingerprint density at radius 3 is 2.57 bits per heavy atom. The molecule has 0 aliphatic heterocycles. The van der Waals surface area contributed by atoms with Gasteiger partial charge < -0.3 is 10.1 Å². The first-order valence-electron chi connectivity index (χ1n) is 9.40. The van der Waals surface area contributed by atoms with Crippen LogP contribution < -0.4 is 10.1 Å². The number of hydrogen-bond acceptors (Lipinski definition) is 7. The van der Waals surface area contributed by atoms with Gasteiger partial charge in [-0.2, -0.15) is 0 Å². The van der Waals surface area contributed by atoms with Gasteiger partial charge in [0.25, 0.3) is 0 Å². The topological polar surface area (TPSA) is 77.0 Å². The normalized spacial score (nSPS) is 10.7. The maximum Gasteiger partial charge on any atom is 0.226 e. The Hall–Kier alpha value is -3.10. The van der Waals surface area contributed by atoms with Crippen LogP contribution >= 0.6 is 22.7 Å². The summed E-state index contributed by atoms with van der Waals surface area (Å²) in [5.74, 6) is 0.733. The molecule has 6 nitrogen and oxygen atoms in total. The van der Waals surface area contributed by atoms with E-state index in [0.717, 1.165) is 32.7 Å². The van der Waals surface area contributed by atoms with Gasteiger partial charge in [-0.1, -0.05) is 17.7 Å². The third-order valence-corrected chi connectivity index (χ3v) is 6.01. The van der Waals surface area contributed by atoms with Crippen molar-refractivity contribution in [1.29, 1.82) is 0 Å². The van der Waals surface area contributed by atoms with Gasteiger partial charge in [0.05, 0.1) is 24.4 Å². The van der Waals surface area contributed by atoms with Crippen LogP contribution in [0.1, 0.15) is 21.3 Å². The molecule has 4 aromatic rings. The van der Waals surface area contributed by atoms with Crippen LogP contribution in [-0.4, -0.2) is 20.9 Å². The van der Waals surface area contributed by atoms with Crippen LogP contribution in [0.15, 0.2) is 59.6 Å². The lowest BCUT2D eigenvalue weighted by Gasteiger charge is -2.04. The zero-order valence-electron chi connectivity index (χ0n) is 16.4. The number of carbonyl (C=O) groups is 1. The summed E-state index contributed by atoms with van der Waals surface area (Å²) in [4.78, 5) is 25.4. The Balaban J connectivity index is 1.24. The summed E-state index contributed by atoms with van der Waals surface area (Å²) in [5, 5.41) is 8.51. The van der Waals surface area contributed by atoms with Gasteiger partial charge in [0, 0.05) is 28.7 Å². The third kappa shape index (κ3) is 5.49. The minimum Gasteiger partial charge on any atom is -0.486 e. The molecule has 4 rings (SSSR count). The zero-order chi connectivity index (χ0) is 20.8. The molecule has 1 amide bonds. The van der Waals surface area contributed by atoms with Crippen LogP contribution in [0, 0.1) is 6.92 Å². The molecule has 0 radical (unpaired) electrons. The second kappa shape index (κ2) is 9.60. The van der Waals surface area contributed by atoms with E-state index in [2.05, 4.69) is 20.3 Å². The summed E-state index contributed by atoms with van der Waals surface area (Å²) < 4.78 is 5.75. The number of nitrogens with one attached hydrogen (secondary N) is 1. The lowest BCUT2D eigenvalue weighted by atomic mass is 10.2. The molecule has 1 N–H and O–H groups in total. The molecule has 0 spiro atoms. The molecule has 30 heavy (non-hydrogen) atoms. The van der Waals surface area contributed by atoms with Gasteiger partial charge in [0.2, 0.25) is 5.91 Å². The van der Waals surface area contributed by atoms with Gasteiger partial charge in [-0.25, -0.2) is 9.97 Å². The fourth-order valence-electron chi connectivity index (χ4n) is 2.72. The van der Waals surface area contributed by atoms with Crippen molar-refractivity contribution in [3.63, 3.8) is 0 Å². The standard InChI is InChI=1S/C22H20N4O2S2/c1-15-2-4-18(5-3-15)28-12-22-25-17(13-29-22)10-20(27)24-11-21-26-19(14-30-21)16-6-8-23-9-7-16/h2-9,13-14H,10-12H2,1H3,(H,24,27). The van der Waals surface area contributed by atoms with Crippen molar-refractivity contribution < 1.29 is 9.53 Å². The summed E-state index contributed by atoms with van der Waals surface area (Å²) in [6.07, 6.45) is 3.72. The number of pyridine rings is 1. The number of benzene rings is 1. The molecule has 8 heteroatoms. The Kier molecular flexibility index (Phi) is 6.46. The number of carbonyl (C=O) groups excluding carboxylic acids is 1.